The molecule has 0 radical (unpaired) electrons. The fourth-order valence-corrected chi connectivity index (χ4v) is 2.14. The molecule has 1 aromatic rings. The van der Waals surface area contributed by atoms with Gasteiger partial charge in [-0.1, -0.05) is 0 Å². The highest BCUT2D eigenvalue weighted by atomic mass is 19.1. The molecule has 2 N–H and O–H groups in total. The summed E-state index contributed by atoms with van der Waals surface area (Å²) in [6, 6.07) is 2.72. The summed E-state index contributed by atoms with van der Waals surface area (Å²) in [5.74, 6) is -0.734. The molecule has 1 unspecified atom stereocenters. The zero-order valence-corrected chi connectivity index (χ0v) is 10.0. The number of hydrogen-bond acceptors (Lipinski definition) is 2. The van der Waals surface area contributed by atoms with Crippen LogP contribution < -0.4 is 10.6 Å². The van der Waals surface area contributed by atoms with Crippen LogP contribution in [0.3, 0.4) is 0 Å². The number of halogens is 2. The lowest BCUT2D eigenvalue weighted by atomic mass is 10.1. The number of nitrogens with one attached hydrogen (secondary N) is 2. The zero-order valence-electron chi connectivity index (χ0n) is 10.0. The molecule has 17 heavy (non-hydrogen) atoms. The average Bonchev–Trinajstić information content (AvgIpc) is 2.54. The van der Waals surface area contributed by atoms with Gasteiger partial charge in [-0.15, -0.1) is 0 Å². The van der Waals surface area contributed by atoms with Crippen molar-refractivity contribution in [1.82, 2.24) is 5.32 Å². The normalized spacial score (nSPS) is 21.0. The second-order valence-corrected chi connectivity index (χ2v) is 4.60. The van der Waals surface area contributed by atoms with Crippen LogP contribution in [-0.4, -0.2) is 19.1 Å². The lowest BCUT2D eigenvalue weighted by molar-refractivity contribution is 0.583. The Morgan fingerprint density at radius 3 is 2.82 bits per heavy atom. The first-order valence-corrected chi connectivity index (χ1v) is 6.09. The van der Waals surface area contributed by atoms with Gasteiger partial charge in [-0.3, -0.25) is 0 Å². The molecule has 1 aromatic carbocycles. The topological polar surface area (TPSA) is 24.1 Å². The molecule has 94 valence electrons. The molecule has 1 saturated heterocycles. The molecule has 1 aliphatic heterocycles. The number of anilines is 1. The van der Waals surface area contributed by atoms with Crippen LogP contribution >= 0.6 is 0 Å². The smallest absolute Gasteiger partial charge is 0.146 e. The van der Waals surface area contributed by atoms with E-state index in [0.717, 1.165) is 32.4 Å². The van der Waals surface area contributed by atoms with E-state index in [1.54, 1.807) is 6.92 Å². The van der Waals surface area contributed by atoms with Crippen molar-refractivity contribution < 1.29 is 8.78 Å². The van der Waals surface area contributed by atoms with Gasteiger partial charge in [0.15, 0.2) is 0 Å². The van der Waals surface area contributed by atoms with Gasteiger partial charge in [0.05, 0.1) is 5.69 Å². The Labute approximate surface area is 100 Å². The van der Waals surface area contributed by atoms with E-state index in [-0.39, 0.29) is 23.4 Å². The number of benzene rings is 1. The Balaban J connectivity index is 2.09. The van der Waals surface area contributed by atoms with Crippen molar-refractivity contribution in [3.05, 3.63) is 29.3 Å². The predicted molar refractivity (Wildman–Crippen MR) is 65.2 cm³/mol. The predicted octanol–water partition coefficient (Wildman–Crippen LogP) is 2.83. The third kappa shape index (κ3) is 3.16. The summed E-state index contributed by atoms with van der Waals surface area (Å²) >= 11 is 0. The number of hydrogen-bond donors (Lipinski definition) is 2. The summed E-state index contributed by atoms with van der Waals surface area (Å²) in [5.41, 5.74) is 0.621. The first-order chi connectivity index (χ1) is 8.16. The van der Waals surface area contributed by atoms with Crippen molar-refractivity contribution in [3.63, 3.8) is 0 Å². The quantitative estimate of drug-likeness (QED) is 0.830. The standard InChI is InChI=1S/C13H18F2N2/c1-9-7-12(15)13(8-11(9)14)17-10-3-2-5-16-6-4-10/h7-8,10,16-17H,2-6H2,1H3. The summed E-state index contributed by atoms with van der Waals surface area (Å²) in [6.45, 7) is 3.49. The van der Waals surface area contributed by atoms with E-state index in [4.69, 9.17) is 0 Å². The third-order valence-electron chi connectivity index (χ3n) is 3.18. The molecular weight excluding hydrogens is 222 g/mol. The summed E-state index contributed by atoms with van der Waals surface area (Å²) in [7, 11) is 0. The first-order valence-electron chi connectivity index (χ1n) is 6.09. The second-order valence-electron chi connectivity index (χ2n) is 4.60. The largest absolute Gasteiger partial charge is 0.380 e. The molecule has 0 spiro atoms. The minimum atomic E-state index is -0.374. The van der Waals surface area contributed by atoms with Gasteiger partial charge in [-0.25, -0.2) is 8.78 Å². The van der Waals surface area contributed by atoms with Gasteiger partial charge in [-0.05, 0) is 50.9 Å². The molecule has 0 amide bonds. The van der Waals surface area contributed by atoms with E-state index in [2.05, 4.69) is 10.6 Å². The summed E-state index contributed by atoms with van der Waals surface area (Å²) in [6.07, 6.45) is 2.99. The SMILES string of the molecule is Cc1cc(F)c(NC2CCCNCC2)cc1F. The van der Waals surface area contributed by atoms with Crippen LogP contribution in [0, 0.1) is 18.6 Å². The van der Waals surface area contributed by atoms with E-state index in [0.29, 0.717) is 5.56 Å². The maximum atomic E-state index is 13.6. The molecule has 0 saturated carbocycles. The second kappa shape index (κ2) is 5.45. The summed E-state index contributed by atoms with van der Waals surface area (Å²) < 4.78 is 27.0. The number of rotatable bonds is 2. The molecular formula is C13H18F2N2. The maximum Gasteiger partial charge on any atom is 0.146 e. The van der Waals surface area contributed by atoms with Crippen LogP contribution in [-0.2, 0) is 0 Å². The van der Waals surface area contributed by atoms with Crippen molar-refractivity contribution in [2.75, 3.05) is 18.4 Å². The van der Waals surface area contributed by atoms with Crippen molar-refractivity contribution in [3.8, 4) is 0 Å². The molecule has 4 heteroatoms. The lowest BCUT2D eigenvalue weighted by Gasteiger charge is -2.18. The van der Waals surface area contributed by atoms with Gasteiger partial charge in [0.1, 0.15) is 11.6 Å². The van der Waals surface area contributed by atoms with Crippen molar-refractivity contribution >= 4 is 5.69 Å². The van der Waals surface area contributed by atoms with Crippen LogP contribution in [0.4, 0.5) is 14.5 Å². The van der Waals surface area contributed by atoms with Gasteiger partial charge < -0.3 is 10.6 Å². The van der Waals surface area contributed by atoms with Gasteiger partial charge >= 0.3 is 0 Å². The molecule has 0 aliphatic carbocycles. The summed E-state index contributed by atoms with van der Waals surface area (Å²) in [5, 5.41) is 6.39. The molecule has 1 atom stereocenters. The molecule has 0 aromatic heterocycles. The van der Waals surface area contributed by atoms with Crippen LogP contribution in [0.25, 0.3) is 0 Å². The monoisotopic (exact) mass is 240 g/mol. The fourth-order valence-electron chi connectivity index (χ4n) is 2.14. The minimum Gasteiger partial charge on any atom is -0.380 e. The van der Waals surface area contributed by atoms with Gasteiger partial charge in [0, 0.05) is 12.1 Å². The Morgan fingerprint density at radius 1 is 1.18 bits per heavy atom. The molecule has 2 nitrogen and oxygen atoms in total. The van der Waals surface area contributed by atoms with Gasteiger partial charge in [-0.2, -0.15) is 0 Å². The molecule has 1 aliphatic rings. The average molecular weight is 240 g/mol. The van der Waals surface area contributed by atoms with Crippen LogP contribution in [0.2, 0.25) is 0 Å². The maximum absolute atomic E-state index is 13.6. The van der Waals surface area contributed by atoms with E-state index in [9.17, 15) is 8.78 Å². The number of aryl methyl sites for hydroxylation is 1. The highest BCUT2D eigenvalue weighted by Gasteiger charge is 2.14. The zero-order chi connectivity index (χ0) is 12.3. The Bertz CT molecular complexity index is 385. The fraction of sp³-hybridized carbons (Fsp3) is 0.538. The van der Waals surface area contributed by atoms with E-state index in [1.165, 1.54) is 12.1 Å². The molecule has 1 fully saturated rings. The van der Waals surface area contributed by atoms with Crippen molar-refractivity contribution in [1.29, 1.82) is 0 Å². The lowest BCUT2D eigenvalue weighted by Crippen LogP contribution is -2.22. The summed E-state index contributed by atoms with van der Waals surface area (Å²) in [4.78, 5) is 0. The molecule has 1 heterocycles. The Morgan fingerprint density at radius 2 is 2.00 bits per heavy atom. The Hall–Kier alpha value is -1.16. The van der Waals surface area contributed by atoms with Crippen LogP contribution in [0.15, 0.2) is 12.1 Å². The van der Waals surface area contributed by atoms with E-state index >= 15 is 0 Å². The van der Waals surface area contributed by atoms with E-state index in [1.807, 2.05) is 0 Å². The minimum absolute atomic E-state index is 0.224. The Kier molecular flexibility index (Phi) is 3.94. The van der Waals surface area contributed by atoms with Gasteiger partial charge in [0.25, 0.3) is 0 Å². The van der Waals surface area contributed by atoms with E-state index < -0.39 is 0 Å². The molecule has 0 bridgehead atoms. The highest BCUT2D eigenvalue weighted by Crippen LogP contribution is 2.21. The first kappa shape index (κ1) is 12.3. The van der Waals surface area contributed by atoms with Crippen LogP contribution in [0.5, 0.6) is 0 Å². The third-order valence-corrected chi connectivity index (χ3v) is 3.18. The molecule has 2 rings (SSSR count). The van der Waals surface area contributed by atoms with Crippen molar-refractivity contribution in [2.45, 2.75) is 32.2 Å². The highest BCUT2D eigenvalue weighted by molar-refractivity contribution is 5.47. The van der Waals surface area contributed by atoms with Crippen LogP contribution in [0.1, 0.15) is 24.8 Å². The van der Waals surface area contributed by atoms with Gasteiger partial charge in [0.2, 0.25) is 0 Å². The van der Waals surface area contributed by atoms with Crippen molar-refractivity contribution in [2.24, 2.45) is 0 Å².